The predicted octanol–water partition coefficient (Wildman–Crippen LogP) is -0.559. The summed E-state index contributed by atoms with van der Waals surface area (Å²) in [5.74, 6) is -2.13. The summed E-state index contributed by atoms with van der Waals surface area (Å²) in [7, 11) is 0. The van der Waals surface area contributed by atoms with Crippen molar-refractivity contribution in [3.05, 3.63) is 0 Å². The summed E-state index contributed by atoms with van der Waals surface area (Å²) >= 11 is 0. The molecule has 0 aromatic heterocycles. The first-order valence-electron chi connectivity index (χ1n) is 6.71. The number of aliphatic hydroxyl groups excluding tert-OH is 1. The molecule has 7 heteroatoms. The maximum absolute atomic E-state index is 12.0. The third-order valence-electron chi connectivity index (χ3n) is 3.22. The van der Waals surface area contributed by atoms with E-state index in [2.05, 4.69) is 5.32 Å². The molecule has 0 aromatic rings. The minimum Gasteiger partial charge on any atom is -0.480 e. The molecule has 3 N–H and O–H groups in total. The Balaban J connectivity index is 2.61. The highest BCUT2D eigenvalue weighted by Crippen LogP contribution is 2.19. The predicted molar refractivity (Wildman–Crippen MR) is 70.8 cm³/mol. The molecule has 20 heavy (non-hydrogen) atoms. The number of hydrogen-bond donors (Lipinski definition) is 3. The lowest BCUT2D eigenvalue weighted by molar-refractivity contribution is -0.145. The Morgan fingerprint density at radius 3 is 2.45 bits per heavy atom. The summed E-state index contributed by atoms with van der Waals surface area (Å²) in [6.07, 6.45) is -1.11. The zero-order chi connectivity index (χ0) is 15.4. The highest BCUT2D eigenvalue weighted by atomic mass is 16.4. The second-order valence-corrected chi connectivity index (χ2v) is 5.66. The van der Waals surface area contributed by atoms with Crippen LogP contribution in [-0.2, 0) is 14.4 Å². The average Bonchev–Trinajstić information content (AvgIpc) is 2.66. The van der Waals surface area contributed by atoms with Crippen LogP contribution in [0.25, 0.3) is 0 Å². The molecule has 1 rings (SSSR count). The molecule has 1 fully saturated rings. The van der Waals surface area contributed by atoms with Crippen molar-refractivity contribution in [2.75, 3.05) is 13.1 Å². The number of nitrogens with one attached hydrogen (secondary N) is 1. The lowest BCUT2D eigenvalue weighted by atomic mass is 10.1. The molecule has 0 bridgehead atoms. The van der Waals surface area contributed by atoms with Gasteiger partial charge in [0.2, 0.25) is 11.8 Å². The first-order valence-corrected chi connectivity index (χ1v) is 6.71. The fourth-order valence-electron chi connectivity index (χ4n) is 2.22. The number of rotatable bonds is 6. The molecule has 114 valence electrons. The first-order chi connectivity index (χ1) is 9.22. The number of carboxylic acids is 1. The Morgan fingerprint density at radius 1 is 1.40 bits per heavy atom. The molecule has 1 saturated heterocycles. The minimum atomic E-state index is -1.35. The maximum atomic E-state index is 12.0. The van der Waals surface area contributed by atoms with Gasteiger partial charge in [0.15, 0.2) is 6.04 Å². The monoisotopic (exact) mass is 286 g/mol. The van der Waals surface area contributed by atoms with Crippen molar-refractivity contribution in [1.82, 2.24) is 10.2 Å². The van der Waals surface area contributed by atoms with E-state index in [1.807, 2.05) is 13.8 Å². The van der Waals surface area contributed by atoms with E-state index >= 15 is 0 Å². The third-order valence-corrected chi connectivity index (χ3v) is 3.22. The van der Waals surface area contributed by atoms with Crippen LogP contribution in [0.15, 0.2) is 0 Å². The number of amides is 2. The maximum Gasteiger partial charge on any atom is 0.328 e. The zero-order valence-corrected chi connectivity index (χ0v) is 12.0. The fourth-order valence-corrected chi connectivity index (χ4v) is 2.22. The molecule has 0 aromatic carbocycles. The highest BCUT2D eigenvalue weighted by molar-refractivity contribution is 5.91. The zero-order valence-electron chi connectivity index (χ0n) is 12.0. The molecule has 2 amide bonds. The Kier molecular flexibility index (Phi) is 5.50. The molecule has 7 nitrogen and oxygen atoms in total. The molecule has 1 heterocycles. The Labute approximate surface area is 117 Å². The van der Waals surface area contributed by atoms with Crippen molar-refractivity contribution in [2.24, 2.45) is 11.8 Å². The van der Waals surface area contributed by atoms with Crippen molar-refractivity contribution in [3.63, 3.8) is 0 Å². The molecule has 1 aliphatic heterocycles. The van der Waals surface area contributed by atoms with Crippen LogP contribution in [0.2, 0.25) is 0 Å². The van der Waals surface area contributed by atoms with Gasteiger partial charge in [0.1, 0.15) is 0 Å². The van der Waals surface area contributed by atoms with E-state index in [0.717, 1.165) is 0 Å². The van der Waals surface area contributed by atoms with Gasteiger partial charge in [0.05, 0.1) is 12.0 Å². The standard InChI is InChI=1S/C13H22N2O5/c1-7(2)5-15-6-9(4-10(15)17)12(18)14-11(8(3)16)13(19)20/h7-9,11,16H,4-6H2,1-3H3,(H,14,18)(H,19,20). The molecule has 0 saturated carbocycles. The fraction of sp³-hybridized carbons (Fsp3) is 0.769. The van der Waals surface area contributed by atoms with E-state index in [9.17, 15) is 19.5 Å². The molecular weight excluding hydrogens is 264 g/mol. The smallest absolute Gasteiger partial charge is 0.328 e. The Hall–Kier alpha value is -1.63. The van der Waals surface area contributed by atoms with Gasteiger partial charge in [0.25, 0.3) is 0 Å². The number of carbonyl (C=O) groups excluding carboxylic acids is 2. The number of nitrogens with zero attached hydrogens (tertiary/aromatic N) is 1. The van der Waals surface area contributed by atoms with Crippen LogP contribution < -0.4 is 5.32 Å². The number of carboxylic acid groups (broad SMARTS) is 1. The number of hydrogen-bond acceptors (Lipinski definition) is 4. The quantitative estimate of drug-likeness (QED) is 0.607. The summed E-state index contributed by atoms with van der Waals surface area (Å²) in [6.45, 7) is 6.14. The molecule has 3 unspecified atom stereocenters. The van der Waals surface area contributed by atoms with Crippen LogP contribution in [0.5, 0.6) is 0 Å². The Morgan fingerprint density at radius 2 is 2.00 bits per heavy atom. The minimum absolute atomic E-state index is 0.0880. The Bertz CT molecular complexity index is 394. The topological polar surface area (TPSA) is 107 Å². The van der Waals surface area contributed by atoms with E-state index in [4.69, 9.17) is 5.11 Å². The van der Waals surface area contributed by atoms with Gasteiger partial charge in [-0.1, -0.05) is 13.8 Å². The van der Waals surface area contributed by atoms with Gasteiger partial charge in [-0.3, -0.25) is 9.59 Å². The third kappa shape index (κ3) is 4.19. The van der Waals surface area contributed by atoms with E-state index < -0.39 is 29.9 Å². The summed E-state index contributed by atoms with van der Waals surface area (Å²) in [4.78, 5) is 36.3. The average molecular weight is 286 g/mol. The van der Waals surface area contributed by atoms with Crippen LogP contribution >= 0.6 is 0 Å². The van der Waals surface area contributed by atoms with Crippen molar-refractivity contribution in [1.29, 1.82) is 0 Å². The second-order valence-electron chi connectivity index (χ2n) is 5.66. The largest absolute Gasteiger partial charge is 0.480 e. The SMILES string of the molecule is CC(C)CN1CC(C(=O)NC(C(=O)O)C(C)O)CC1=O. The van der Waals surface area contributed by atoms with Gasteiger partial charge in [-0.2, -0.15) is 0 Å². The molecule has 0 aliphatic carbocycles. The molecular formula is C13H22N2O5. The normalized spacial score (nSPS) is 21.9. The van der Waals surface area contributed by atoms with Crippen molar-refractivity contribution < 1.29 is 24.6 Å². The van der Waals surface area contributed by atoms with Gasteiger partial charge in [-0.25, -0.2) is 4.79 Å². The lowest BCUT2D eigenvalue weighted by Crippen LogP contribution is -2.49. The summed E-state index contributed by atoms with van der Waals surface area (Å²) < 4.78 is 0. The van der Waals surface area contributed by atoms with Crippen LogP contribution in [0.3, 0.4) is 0 Å². The summed E-state index contributed by atoms with van der Waals surface area (Å²) in [6, 6.07) is -1.35. The number of aliphatic hydroxyl groups is 1. The van der Waals surface area contributed by atoms with Gasteiger partial charge >= 0.3 is 5.97 Å². The second kappa shape index (κ2) is 6.69. The van der Waals surface area contributed by atoms with E-state index in [1.165, 1.54) is 6.92 Å². The van der Waals surface area contributed by atoms with Gasteiger partial charge in [-0.05, 0) is 12.8 Å². The van der Waals surface area contributed by atoms with E-state index in [-0.39, 0.29) is 12.3 Å². The van der Waals surface area contributed by atoms with E-state index in [1.54, 1.807) is 4.90 Å². The van der Waals surface area contributed by atoms with Crippen LogP contribution in [0.1, 0.15) is 27.2 Å². The summed E-state index contributed by atoms with van der Waals surface area (Å²) in [5, 5.41) is 20.5. The number of likely N-dealkylation sites (tertiary alicyclic amines) is 1. The molecule has 0 radical (unpaired) electrons. The van der Waals surface area contributed by atoms with E-state index in [0.29, 0.717) is 19.0 Å². The van der Waals surface area contributed by atoms with Crippen molar-refractivity contribution >= 4 is 17.8 Å². The lowest BCUT2D eigenvalue weighted by Gasteiger charge is -2.20. The summed E-state index contributed by atoms with van der Waals surface area (Å²) in [5.41, 5.74) is 0. The van der Waals surface area contributed by atoms with Gasteiger partial charge in [0, 0.05) is 19.5 Å². The number of carbonyl (C=O) groups is 3. The number of aliphatic carboxylic acids is 1. The highest BCUT2D eigenvalue weighted by Gasteiger charge is 2.36. The van der Waals surface area contributed by atoms with Crippen molar-refractivity contribution in [3.8, 4) is 0 Å². The van der Waals surface area contributed by atoms with Crippen LogP contribution in [0.4, 0.5) is 0 Å². The van der Waals surface area contributed by atoms with Crippen molar-refractivity contribution in [2.45, 2.75) is 39.3 Å². The van der Waals surface area contributed by atoms with Crippen LogP contribution in [-0.4, -0.2) is 58.1 Å². The molecule has 3 atom stereocenters. The van der Waals surface area contributed by atoms with Gasteiger partial charge < -0.3 is 20.4 Å². The first kappa shape index (κ1) is 16.4. The van der Waals surface area contributed by atoms with Gasteiger partial charge in [-0.15, -0.1) is 0 Å². The molecule has 0 spiro atoms. The van der Waals surface area contributed by atoms with Crippen LogP contribution in [0, 0.1) is 11.8 Å². The molecule has 1 aliphatic rings.